The Kier molecular flexibility index (Phi) is 5.65. The van der Waals surface area contributed by atoms with Gasteiger partial charge in [-0.25, -0.2) is 0 Å². The third-order valence-electron chi connectivity index (χ3n) is 3.16. The standard InChI is InChI=1S/C12H22BrNO/c1-10(2)11-6-5-9-14(11)12(15)7-3-4-8-13/h10-11H,3-9H2,1-2H3. The van der Waals surface area contributed by atoms with E-state index in [1.807, 2.05) is 0 Å². The van der Waals surface area contributed by atoms with Crippen LogP contribution in [0.5, 0.6) is 0 Å². The zero-order chi connectivity index (χ0) is 11.3. The first kappa shape index (κ1) is 13.0. The smallest absolute Gasteiger partial charge is 0.222 e. The number of hydrogen-bond donors (Lipinski definition) is 0. The first-order chi connectivity index (χ1) is 7.16. The number of unbranched alkanes of at least 4 members (excludes halogenated alkanes) is 1. The fraction of sp³-hybridized carbons (Fsp3) is 0.917. The van der Waals surface area contributed by atoms with Crippen molar-refractivity contribution in [2.75, 3.05) is 11.9 Å². The van der Waals surface area contributed by atoms with Crippen molar-refractivity contribution in [1.82, 2.24) is 4.90 Å². The fourth-order valence-corrected chi connectivity index (χ4v) is 2.71. The van der Waals surface area contributed by atoms with Gasteiger partial charge in [-0.1, -0.05) is 29.8 Å². The van der Waals surface area contributed by atoms with Gasteiger partial charge in [-0.3, -0.25) is 4.79 Å². The molecular formula is C12H22BrNO. The lowest BCUT2D eigenvalue weighted by Crippen LogP contribution is -2.38. The molecule has 1 fully saturated rings. The maximum Gasteiger partial charge on any atom is 0.222 e. The van der Waals surface area contributed by atoms with Gasteiger partial charge in [0.2, 0.25) is 5.91 Å². The summed E-state index contributed by atoms with van der Waals surface area (Å²) in [6.07, 6.45) is 5.24. The maximum absolute atomic E-state index is 11.9. The predicted molar refractivity (Wildman–Crippen MR) is 67.2 cm³/mol. The summed E-state index contributed by atoms with van der Waals surface area (Å²) in [6.45, 7) is 5.42. The van der Waals surface area contributed by atoms with Crippen LogP contribution in [0.2, 0.25) is 0 Å². The van der Waals surface area contributed by atoms with Crippen LogP contribution in [0.25, 0.3) is 0 Å². The Morgan fingerprint density at radius 3 is 2.80 bits per heavy atom. The Labute approximate surface area is 102 Å². The van der Waals surface area contributed by atoms with Crippen molar-refractivity contribution in [2.45, 2.75) is 52.0 Å². The quantitative estimate of drug-likeness (QED) is 0.558. The highest BCUT2D eigenvalue weighted by Crippen LogP contribution is 2.24. The van der Waals surface area contributed by atoms with Gasteiger partial charge in [0, 0.05) is 24.3 Å². The molecule has 1 heterocycles. The molecule has 0 N–H and O–H groups in total. The highest BCUT2D eigenvalue weighted by Gasteiger charge is 2.29. The molecule has 0 spiro atoms. The number of amides is 1. The van der Waals surface area contributed by atoms with Gasteiger partial charge in [0.25, 0.3) is 0 Å². The Morgan fingerprint density at radius 2 is 2.20 bits per heavy atom. The molecule has 0 aromatic rings. The Hall–Kier alpha value is -0.0500. The van der Waals surface area contributed by atoms with Crippen molar-refractivity contribution in [3.63, 3.8) is 0 Å². The van der Waals surface area contributed by atoms with Crippen LogP contribution in [0.1, 0.15) is 46.0 Å². The van der Waals surface area contributed by atoms with E-state index in [2.05, 4.69) is 34.7 Å². The SMILES string of the molecule is CC(C)C1CCCN1C(=O)CCCCBr. The molecule has 0 saturated carbocycles. The molecule has 1 amide bonds. The third-order valence-corrected chi connectivity index (χ3v) is 3.72. The van der Waals surface area contributed by atoms with Crippen LogP contribution >= 0.6 is 15.9 Å². The number of rotatable bonds is 5. The van der Waals surface area contributed by atoms with Gasteiger partial charge >= 0.3 is 0 Å². The fourth-order valence-electron chi connectivity index (χ4n) is 2.31. The summed E-state index contributed by atoms with van der Waals surface area (Å²) in [5.41, 5.74) is 0. The molecule has 1 rings (SSSR count). The summed E-state index contributed by atoms with van der Waals surface area (Å²) in [7, 11) is 0. The summed E-state index contributed by atoms with van der Waals surface area (Å²) in [5.74, 6) is 0.972. The number of halogens is 1. The van der Waals surface area contributed by atoms with E-state index >= 15 is 0 Å². The van der Waals surface area contributed by atoms with Crippen LogP contribution in [-0.4, -0.2) is 28.7 Å². The minimum absolute atomic E-state index is 0.368. The Morgan fingerprint density at radius 1 is 1.47 bits per heavy atom. The zero-order valence-electron chi connectivity index (χ0n) is 9.84. The average molecular weight is 276 g/mol. The molecule has 1 aliphatic rings. The number of hydrogen-bond acceptors (Lipinski definition) is 1. The van der Waals surface area contributed by atoms with Crippen molar-refractivity contribution in [3.05, 3.63) is 0 Å². The molecule has 0 bridgehead atoms. The van der Waals surface area contributed by atoms with Crippen molar-refractivity contribution in [1.29, 1.82) is 0 Å². The van der Waals surface area contributed by atoms with E-state index in [1.54, 1.807) is 0 Å². The molecule has 1 atom stereocenters. The van der Waals surface area contributed by atoms with E-state index in [1.165, 1.54) is 12.8 Å². The third kappa shape index (κ3) is 3.78. The summed E-state index contributed by atoms with van der Waals surface area (Å²) < 4.78 is 0. The molecular weight excluding hydrogens is 254 g/mol. The summed E-state index contributed by atoms with van der Waals surface area (Å²) in [5, 5.41) is 1.01. The van der Waals surface area contributed by atoms with E-state index in [0.717, 1.165) is 31.1 Å². The lowest BCUT2D eigenvalue weighted by atomic mass is 10.0. The van der Waals surface area contributed by atoms with Crippen LogP contribution in [-0.2, 0) is 4.79 Å². The Bertz CT molecular complexity index is 206. The summed E-state index contributed by atoms with van der Waals surface area (Å²) in [4.78, 5) is 14.1. The van der Waals surface area contributed by atoms with E-state index < -0.39 is 0 Å². The zero-order valence-corrected chi connectivity index (χ0v) is 11.4. The normalized spacial score (nSPS) is 21.3. The van der Waals surface area contributed by atoms with Gasteiger partial charge in [-0.2, -0.15) is 0 Å². The topological polar surface area (TPSA) is 20.3 Å². The Balaban J connectivity index is 2.37. The monoisotopic (exact) mass is 275 g/mol. The van der Waals surface area contributed by atoms with E-state index in [-0.39, 0.29) is 0 Å². The first-order valence-electron chi connectivity index (χ1n) is 6.02. The predicted octanol–water partition coefficient (Wildman–Crippen LogP) is 3.20. The second kappa shape index (κ2) is 6.51. The minimum Gasteiger partial charge on any atom is -0.339 e. The van der Waals surface area contributed by atoms with E-state index in [0.29, 0.717) is 17.9 Å². The van der Waals surface area contributed by atoms with Gasteiger partial charge in [0.1, 0.15) is 0 Å². The van der Waals surface area contributed by atoms with Crippen molar-refractivity contribution in [2.24, 2.45) is 5.92 Å². The molecule has 0 aromatic carbocycles. The highest BCUT2D eigenvalue weighted by molar-refractivity contribution is 9.09. The molecule has 1 aliphatic heterocycles. The van der Waals surface area contributed by atoms with Gasteiger partial charge in [-0.15, -0.1) is 0 Å². The number of alkyl halides is 1. The second-order valence-electron chi connectivity index (χ2n) is 4.69. The highest BCUT2D eigenvalue weighted by atomic mass is 79.9. The van der Waals surface area contributed by atoms with Gasteiger partial charge in [0.15, 0.2) is 0 Å². The van der Waals surface area contributed by atoms with Crippen LogP contribution < -0.4 is 0 Å². The molecule has 0 aromatic heterocycles. The van der Waals surface area contributed by atoms with E-state index in [9.17, 15) is 4.79 Å². The molecule has 0 radical (unpaired) electrons. The maximum atomic E-state index is 11.9. The number of likely N-dealkylation sites (tertiary alicyclic amines) is 1. The first-order valence-corrected chi connectivity index (χ1v) is 7.14. The second-order valence-corrected chi connectivity index (χ2v) is 5.48. The molecule has 15 heavy (non-hydrogen) atoms. The molecule has 2 nitrogen and oxygen atoms in total. The number of nitrogens with zero attached hydrogens (tertiary/aromatic N) is 1. The number of carbonyl (C=O) groups excluding carboxylic acids is 1. The van der Waals surface area contributed by atoms with Gasteiger partial charge < -0.3 is 4.90 Å². The average Bonchev–Trinajstić information content (AvgIpc) is 2.66. The lowest BCUT2D eigenvalue weighted by Gasteiger charge is -2.27. The molecule has 88 valence electrons. The van der Waals surface area contributed by atoms with Crippen LogP contribution in [0.15, 0.2) is 0 Å². The van der Waals surface area contributed by atoms with Gasteiger partial charge in [-0.05, 0) is 31.6 Å². The molecule has 3 heteroatoms. The van der Waals surface area contributed by atoms with Crippen LogP contribution in [0.4, 0.5) is 0 Å². The largest absolute Gasteiger partial charge is 0.339 e. The van der Waals surface area contributed by atoms with Gasteiger partial charge in [0.05, 0.1) is 0 Å². The van der Waals surface area contributed by atoms with Crippen LogP contribution in [0, 0.1) is 5.92 Å². The number of carbonyl (C=O) groups is 1. The van der Waals surface area contributed by atoms with Crippen molar-refractivity contribution in [3.8, 4) is 0 Å². The van der Waals surface area contributed by atoms with Crippen LogP contribution in [0.3, 0.4) is 0 Å². The minimum atomic E-state index is 0.368. The summed E-state index contributed by atoms with van der Waals surface area (Å²) >= 11 is 3.39. The lowest BCUT2D eigenvalue weighted by molar-refractivity contribution is -0.132. The molecule has 1 saturated heterocycles. The molecule has 0 aliphatic carbocycles. The summed E-state index contributed by atoms with van der Waals surface area (Å²) in [6, 6.07) is 0.501. The molecule has 1 unspecified atom stereocenters. The van der Waals surface area contributed by atoms with Crippen molar-refractivity contribution >= 4 is 21.8 Å². The van der Waals surface area contributed by atoms with Crippen molar-refractivity contribution < 1.29 is 4.79 Å². The van der Waals surface area contributed by atoms with E-state index in [4.69, 9.17) is 0 Å².